The second kappa shape index (κ2) is 5.21. The molecule has 5 nitrogen and oxygen atoms in total. The molecular formula is C12H19NO4. The first-order valence-corrected chi connectivity index (χ1v) is 5.67. The number of allylic oxidation sites excluding steroid dienone is 1. The van der Waals surface area contributed by atoms with E-state index in [1.165, 1.54) is 0 Å². The molecule has 0 saturated carbocycles. The van der Waals surface area contributed by atoms with E-state index in [1.54, 1.807) is 20.8 Å². The molecule has 0 aliphatic heterocycles. The summed E-state index contributed by atoms with van der Waals surface area (Å²) in [7, 11) is 0. The van der Waals surface area contributed by atoms with Crippen LogP contribution in [0, 0.1) is 5.92 Å². The van der Waals surface area contributed by atoms with E-state index in [2.05, 4.69) is 5.32 Å². The van der Waals surface area contributed by atoms with E-state index in [1.807, 2.05) is 12.2 Å². The molecule has 0 radical (unpaired) electrons. The average molecular weight is 241 g/mol. The molecule has 1 aliphatic rings. The van der Waals surface area contributed by atoms with Crippen LogP contribution in [0.2, 0.25) is 0 Å². The molecule has 5 heteroatoms. The molecule has 2 atom stereocenters. The van der Waals surface area contributed by atoms with E-state index in [0.29, 0.717) is 12.8 Å². The summed E-state index contributed by atoms with van der Waals surface area (Å²) in [5.74, 6) is -1.47. The molecule has 0 unspecified atom stereocenters. The quantitative estimate of drug-likeness (QED) is 0.724. The van der Waals surface area contributed by atoms with Crippen LogP contribution in [-0.4, -0.2) is 28.8 Å². The number of carboxylic acid groups (broad SMARTS) is 1. The van der Waals surface area contributed by atoms with Crippen LogP contribution < -0.4 is 5.32 Å². The summed E-state index contributed by atoms with van der Waals surface area (Å²) in [4.78, 5) is 22.6. The summed E-state index contributed by atoms with van der Waals surface area (Å²) in [6, 6.07) is -0.396. The standard InChI is InChI=1S/C12H19NO4/c1-12(2,3)17-11(16)13-9-7-5-4-6-8(9)10(14)15/h4-5,8-9H,6-7H2,1-3H3,(H,13,16)(H,14,15)/t8-,9+/m0/s1. The van der Waals surface area contributed by atoms with Gasteiger partial charge in [0.1, 0.15) is 5.60 Å². The van der Waals surface area contributed by atoms with Crippen LogP contribution in [0.1, 0.15) is 33.6 Å². The summed E-state index contributed by atoms with van der Waals surface area (Å²) in [5.41, 5.74) is -0.576. The molecule has 0 aromatic carbocycles. The summed E-state index contributed by atoms with van der Waals surface area (Å²) in [6.07, 6.45) is 4.10. The highest BCUT2D eigenvalue weighted by atomic mass is 16.6. The first-order chi connectivity index (χ1) is 7.79. The van der Waals surface area contributed by atoms with Crippen molar-refractivity contribution in [1.29, 1.82) is 0 Å². The number of carboxylic acids is 1. The number of carbonyl (C=O) groups excluding carboxylic acids is 1. The molecule has 0 aromatic rings. The molecule has 0 aromatic heterocycles. The third-order valence-electron chi connectivity index (χ3n) is 2.45. The SMILES string of the molecule is CC(C)(C)OC(=O)N[C@@H]1CC=CC[C@@H]1C(=O)O. The Labute approximate surface area is 101 Å². The van der Waals surface area contributed by atoms with Crippen LogP contribution in [0.25, 0.3) is 0 Å². The van der Waals surface area contributed by atoms with Gasteiger partial charge in [-0.2, -0.15) is 0 Å². The topological polar surface area (TPSA) is 75.6 Å². The van der Waals surface area contributed by atoms with E-state index < -0.39 is 29.6 Å². The number of alkyl carbamates (subject to hydrolysis) is 1. The van der Waals surface area contributed by atoms with Crippen LogP contribution in [0.4, 0.5) is 4.79 Å². The van der Waals surface area contributed by atoms with Crippen LogP contribution >= 0.6 is 0 Å². The van der Waals surface area contributed by atoms with Gasteiger partial charge in [-0.25, -0.2) is 4.79 Å². The van der Waals surface area contributed by atoms with E-state index >= 15 is 0 Å². The number of carbonyl (C=O) groups is 2. The van der Waals surface area contributed by atoms with Crippen LogP contribution in [-0.2, 0) is 9.53 Å². The van der Waals surface area contributed by atoms with Gasteiger partial charge in [-0.05, 0) is 33.6 Å². The number of rotatable bonds is 2. The first kappa shape index (κ1) is 13.5. The zero-order valence-corrected chi connectivity index (χ0v) is 10.4. The van der Waals surface area contributed by atoms with Gasteiger partial charge >= 0.3 is 12.1 Å². The molecule has 17 heavy (non-hydrogen) atoms. The van der Waals surface area contributed by atoms with E-state index in [-0.39, 0.29) is 0 Å². The monoisotopic (exact) mass is 241 g/mol. The average Bonchev–Trinajstić information content (AvgIpc) is 2.14. The molecule has 0 saturated heterocycles. The predicted octanol–water partition coefficient (Wildman–Crippen LogP) is 1.93. The third kappa shape index (κ3) is 4.46. The van der Waals surface area contributed by atoms with E-state index in [9.17, 15) is 9.59 Å². The Kier molecular flexibility index (Phi) is 4.15. The van der Waals surface area contributed by atoms with Gasteiger partial charge in [0.15, 0.2) is 0 Å². The van der Waals surface area contributed by atoms with Crippen LogP contribution in [0.3, 0.4) is 0 Å². The Bertz CT molecular complexity index is 330. The summed E-state index contributed by atoms with van der Waals surface area (Å²) in [6.45, 7) is 5.30. The van der Waals surface area contributed by atoms with Gasteiger partial charge in [0.05, 0.1) is 5.92 Å². The fraction of sp³-hybridized carbons (Fsp3) is 0.667. The summed E-state index contributed by atoms with van der Waals surface area (Å²) < 4.78 is 5.10. The van der Waals surface area contributed by atoms with Gasteiger partial charge in [-0.3, -0.25) is 4.79 Å². The number of ether oxygens (including phenoxy) is 1. The van der Waals surface area contributed by atoms with Crippen LogP contribution in [0.15, 0.2) is 12.2 Å². The van der Waals surface area contributed by atoms with Crippen molar-refractivity contribution in [2.24, 2.45) is 5.92 Å². The zero-order valence-electron chi connectivity index (χ0n) is 10.4. The largest absolute Gasteiger partial charge is 0.481 e. The number of hydrogen-bond acceptors (Lipinski definition) is 3. The minimum absolute atomic E-state index is 0.396. The van der Waals surface area contributed by atoms with Crippen molar-refractivity contribution in [3.63, 3.8) is 0 Å². The maximum Gasteiger partial charge on any atom is 0.407 e. The minimum atomic E-state index is -0.893. The van der Waals surface area contributed by atoms with Crippen molar-refractivity contribution in [3.8, 4) is 0 Å². The lowest BCUT2D eigenvalue weighted by Gasteiger charge is -2.28. The summed E-state index contributed by atoms with van der Waals surface area (Å²) in [5, 5.41) is 11.6. The van der Waals surface area contributed by atoms with Crippen molar-refractivity contribution in [2.75, 3.05) is 0 Å². The van der Waals surface area contributed by atoms with Crippen molar-refractivity contribution in [3.05, 3.63) is 12.2 Å². The lowest BCUT2D eigenvalue weighted by Crippen LogP contribution is -2.45. The maximum absolute atomic E-state index is 11.5. The Morgan fingerprint density at radius 2 is 1.88 bits per heavy atom. The van der Waals surface area contributed by atoms with E-state index in [0.717, 1.165) is 0 Å². The Balaban J connectivity index is 2.57. The Hall–Kier alpha value is -1.52. The molecule has 1 rings (SSSR count). The third-order valence-corrected chi connectivity index (χ3v) is 2.45. The lowest BCUT2D eigenvalue weighted by molar-refractivity contribution is -0.142. The van der Waals surface area contributed by atoms with E-state index in [4.69, 9.17) is 9.84 Å². The number of amides is 1. The van der Waals surface area contributed by atoms with Crippen molar-refractivity contribution >= 4 is 12.1 Å². The van der Waals surface area contributed by atoms with Crippen LogP contribution in [0.5, 0.6) is 0 Å². The second-order valence-corrected chi connectivity index (χ2v) is 5.14. The normalized spacial score (nSPS) is 24.2. The molecule has 2 N–H and O–H groups in total. The fourth-order valence-corrected chi connectivity index (χ4v) is 1.71. The number of hydrogen-bond donors (Lipinski definition) is 2. The number of nitrogens with one attached hydrogen (secondary N) is 1. The van der Waals surface area contributed by atoms with Gasteiger partial charge in [-0.1, -0.05) is 12.2 Å². The van der Waals surface area contributed by atoms with Gasteiger partial charge < -0.3 is 15.2 Å². The van der Waals surface area contributed by atoms with Crippen molar-refractivity contribution in [1.82, 2.24) is 5.32 Å². The lowest BCUT2D eigenvalue weighted by atomic mass is 9.89. The molecule has 0 spiro atoms. The molecule has 0 heterocycles. The molecule has 1 aliphatic carbocycles. The molecule has 0 fully saturated rings. The van der Waals surface area contributed by atoms with Crippen molar-refractivity contribution < 1.29 is 19.4 Å². The Morgan fingerprint density at radius 3 is 2.41 bits per heavy atom. The fourth-order valence-electron chi connectivity index (χ4n) is 1.71. The van der Waals surface area contributed by atoms with Gasteiger partial charge in [0.2, 0.25) is 0 Å². The highest BCUT2D eigenvalue weighted by Crippen LogP contribution is 2.20. The highest BCUT2D eigenvalue weighted by molar-refractivity contribution is 5.74. The Morgan fingerprint density at radius 1 is 1.29 bits per heavy atom. The van der Waals surface area contributed by atoms with Gasteiger partial charge in [0.25, 0.3) is 0 Å². The predicted molar refractivity (Wildman–Crippen MR) is 62.7 cm³/mol. The highest BCUT2D eigenvalue weighted by Gasteiger charge is 2.31. The molecular weight excluding hydrogens is 222 g/mol. The maximum atomic E-state index is 11.5. The molecule has 0 bridgehead atoms. The number of aliphatic carboxylic acids is 1. The first-order valence-electron chi connectivity index (χ1n) is 5.67. The molecule has 1 amide bonds. The smallest absolute Gasteiger partial charge is 0.407 e. The van der Waals surface area contributed by atoms with Crippen molar-refractivity contribution in [2.45, 2.75) is 45.3 Å². The second-order valence-electron chi connectivity index (χ2n) is 5.14. The minimum Gasteiger partial charge on any atom is -0.481 e. The summed E-state index contributed by atoms with van der Waals surface area (Å²) >= 11 is 0. The molecule has 96 valence electrons. The van der Waals surface area contributed by atoms with Gasteiger partial charge in [0, 0.05) is 6.04 Å². The zero-order chi connectivity index (χ0) is 13.1. The van der Waals surface area contributed by atoms with Gasteiger partial charge in [-0.15, -0.1) is 0 Å².